The summed E-state index contributed by atoms with van der Waals surface area (Å²) in [6.45, 7) is 10.9. The largest absolute Gasteiger partial charge is 0.313 e. The molecular weight excluding hydrogens is 290 g/mol. The van der Waals surface area contributed by atoms with Gasteiger partial charge in [0.1, 0.15) is 0 Å². The molecule has 1 N–H and O–H groups in total. The van der Waals surface area contributed by atoms with Crippen molar-refractivity contribution in [2.75, 3.05) is 26.2 Å². The van der Waals surface area contributed by atoms with Gasteiger partial charge in [-0.25, -0.2) is 4.36 Å². The molecule has 0 radical (unpaired) electrons. The number of benzene rings is 1. The molecule has 0 spiro atoms. The number of rotatable bonds is 13. The average Bonchev–Trinajstić information content (AvgIpc) is 2.53. The van der Waals surface area contributed by atoms with Gasteiger partial charge in [0.15, 0.2) is 0 Å². The zero-order valence-corrected chi connectivity index (χ0v) is 15.0. The molecule has 0 unspecified atom stereocenters. The van der Waals surface area contributed by atoms with Crippen LogP contribution in [0.3, 0.4) is 0 Å². The van der Waals surface area contributed by atoms with Crippen molar-refractivity contribution in [3.8, 4) is 0 Å². The molecule has 0 amide bonds. The summed E-state index contributed by atoms with van der Waals surface area (Å²) in [5.74, 6) is 0. The maximum absolute atomic E-state index is 4.64. The first-order valence-corrected chi connectivity index (χ1v) is 8.96. The molecule has 0 saturated heterocycles. The van der Waals surface area contributed by atoms with Crippen LogP contribution in [0, 0.1) is 0 Å². The molecular formula is C18H31N3S. The fourth-order valence-corrected chi connectivity index (χ4v) is 2.77. The van der Waals surface area contributed by atoms with Crippen LogP contribution in [0.2, 0.25) is 0 Å². The summed E-state index contributed by atoms with van der Waals surface area (Å²) in [6.07, 6.45) is 5.04. The monoisotopic (exact) mass is 321 g/mol. The number of hydrogen-bond acceptors (Lipinski definition) is 4. The van der Waals surface area contributed by atoms with Gasteiger partial charge >= 0.3 is 0 Å². The van der Waals surface area contributed by atoms with E-state index in [0.29, 0.717) is 6.54 Å². The van der Waals surface area contributed by atoms with Gasteiger partial charge in [-0.05, 0) is 63.0 Å². The minimum Gasteiger partial charge on any atom is -0.313 e. The van der Waals surface area contributed by atoms with Crippen molar-refractivity contribution in [2.24, 2.45) is 4.36 Å². The van der Waals surface area contributed by atoms with Crippen LogP contribution in [0.15, 0.2) is 28.6 Å². The van der Waals surface area contributed by atoms with E-state index >= 15 is 0 Å². The van der Waals surface area contributed by atoms with Crippen LogP contribution in [-0.4, -0.2) is 31.1 Å². The Labute approximate surface area is 141 Å². The highest BCUT2D eigenvalue weighted by atomic mass is 32.1. The third kappa shape index (κ3) is 8.57. The van der Waals surface area contributed by atoms with Crippen molar-refractivity contribution in [1.82, 2.24) is 10.2 Å². The Hall–Kier alpha value is -0.840. The Balaban J connectivity index is 2.10. The summed E-state index contributed by atoms with van der Waals surface area (Å²) in [4.78, 5) is 2.59. The fourth-order valence-electron chi connectivity index (χ4n) is 2.62. The normalized spacial score (nSPS) is 11.0. The number of hydrogen-bond donors (Lipinski definition) is 1. The summed E-state index contributed by atoms with van der Waals surface area (Å²) >= 11 is 4.64. The van der Waals surface area contributed by atoms with Crippen LogP contribution < -0.4 is 5.32 Å². The van der Waals surface area contributed by atoms with Crippen LogP contribution in [0.1, 0.15) is 50.7 Å². The molecule has 0 heterocycles. The molecule has 124 valence electrons. The smallest absolute Gasteiger partial charge is 0.0771 e. The second kappa shape index (κ2) is 12.7. The zero-order valence-electron chi connectivity index (χ0n) is 14.2. The van der Waals surface area contributed by atoms with Crippen molar-refractivity contribution in [3.63, 3.8) is 0 Å². The SMILES string of the molecule is CCCN(CCC)CCCCNCc1ccc(CN=S)cc1. The molecule has 0 aromatic heterocycles. The Bertz CT molecular complexity index is 386. The van der Waals surface area contributed by atoms with Crippen LogP contribution in [-0.2, 0) is 25.5 Å². The van der Waals surface area contributed by atoms with E-state index in [9.17, 15) is 0 Å². The Morgan fingerprint density at radius 1 is 0.955 bits per heavy atom. The first-order valence-electron chi connectivity index (χ1n) is 8.60. The van der Waals surface area contributed by atoms with E-state index in [1.807, 2.05) is 0 Å². The summed E-state index contributed by atoms with van der Waals surface area (Å²) in [5.41, 5.74) is 2.51. The molecule has 1 aromatic rings. The maximum Gasteiger partial charge on any atom is 0.0771 e. The van der Waals surface area contributed by atoms with E-state index in [0.717, 1.165) is 13.1 Å². The predicted molar refractivity (Wildman–Crippen MR) is 97.9 cm³/mol. The lowest BCUT2D eigenvalue weighted by Gasteiger charge is -2.20. The molecule has 0 atom stereocenters. The van der Waals surface area contributed by atoms with Gasteiger partial charge in [-0.15, -0.1) is 0 Å². The van der Waals surface area contributed by atoms with Crippen LogP contribution >= 0.6 is 0 Å². The minimum absolute atomic E-state index is 0.634. The Morgan fingerprint density at radius 3 is 2.18 bits per heavy atom. The number of nitrogens with one attached hydrogen (secondary N) is 1. The van der Waals surface area contributed by atoms with E-state index in [-0.39, 0.29) is 0 Å². The molecule has 1 aromatic carbocycles. The van der Waals surface area contributed by atoms with Gasteiger partial charge in [-0.2, -0.15) is 0 Å². The lowest BCUT2D eigenvalue weighted by atomic mass is 10.1. The summed E-state index contributed by atoms with van der Waals surface area (Å²) in [5, 5.41) is 3.53. The van der Waals surface area contributed by atoms with Crippen molar-refractivity contribution in [3.05, 3.63) is 35.4 Å². The minimum atomic E-state index is 0.634. The summed E-state index contributed by atoms with van der Waals surface area (Å²) in [7, 11) is 0. The average molecular weight is 322 g/mol. The van der Waals surface area contributed by atoms with Gasteiger partial charge in [0.2, 0.25) is 0 Å². The quantitative estimate of drug-likeness (QED) is 0.558. The highest BCUT2D eigenvalue weighted by molar-refractivity contribution is 7.47. The summed E-state index contributed by atoms with van der Waals surface area (Å²) in [6, 6.07) is 8.54. The first kappa shape index (κ1) is 19.2. The van der Waals surface area contributed by atoms with Crippen LogP contribution in [0.4, 0.5) is 0 Å². The van der Waals surface area contributed by atoms with Gasteiger partial charge in [0.05, 0.1) is 6.54 Å². The van der Waals surface area contributed by atoms with E-state index in [2.05, 4.69) is 65.1 Å². The van der Waals surface area contributed by atoms with Crippen LogP contribution in [0.25, 0.3) is 0 Å². The van der Waals surface area contributed by atoms with Gasteiger partial charge in [0.25, 0.3) is 0 Å². The van der Waals surface area contributed by atoms with Crippen molar-refractivity contribution in [2.45, 2.75) is 52.6 Å². The topological polar surface area (TPSA) is 27.6 Å². The molecule has 0 aliphatic carbocycles. The first-order chi connectivity index (χ1) is 10.8. The van der Waals surface area contributed by atoms with Crippen molar-refractivity contribution < 1.29 is 0 Å². The molecule has 4 heteroatoms. The molecule has 0 bridgehead atoms. The van der Waals surface area contributed by atoms with Gasteiger partial charge < -0.3 is 10.2 Å². The van der Waals surface area contributed by atoms with E-state index in [1.54, 1.807) is 0 Å². The predicted octanol–water partition coefficient (Wildman–Crippen LogP) is 3.91. The third-order valence-electron chi connectivity index (χ3n) is 3.76. The van der Waals surface area contributed by atoms with Gasteiger partial charge in [-0.1, -0.05) is 38.1 Å². The Morgan fingerprint density at radius 2 is 1.59 bits per heavy atom. The maximum atomic E-state index is 4.64. The van der Waals surface area contributed by atoms with Crippen molar-refractivity contribution >= 4 is 12.4 Å². The molecule has 22 heavy (non-hydrogen) atoms. The zero-order chi connectivity index (χ0) is 16.0. The van der Waals surface area contributed by atoms with Gasteiger partial charge in [0, 0.05) is 19.0 Å². The summed E-state index contributed by atoms with van der Waals surface area (Å²) < 4.78 is 3.74. The molecule has 0 fully saturated rings. The van der Waals surface area contributed by atoms with E-state index in [1.165, 1.54) is 56.4 Å². The third-order valence-corrected chi connectivity index (χ3v) is 3.89. The fraction of sp³-hybridized carbons (Fsp3) is 0.667. The second-order valence-electron chi connectivity index (χ2n) is 5.83. The molecule has 0 saturated carbocycles. The number of nitrogens with zero attached hydrogens (tertiary/aromatic N) is 2. The second-order valence-corrected chi connectivity index (χ2v) is 6.09. The molecule has 0 aliphatic heterocycles. The van der Waals surface area contributed by atoms with E-state index in [4.69, 9.17) is 0 Å². The van der Waals surface area contributed by atoms with Crippen molar-refractivity contribution in [1.29, 1.82) is 0 Å². The molecule has 0 aliphatic rings. The number of unbranched alkanes of at least 4 members (excludes halogenated alkanes) is 1. The molecule has 1 rings (SSSR count). The van der Waals surface area contributed by atoms with Gasteiger partial charge in [-0.3, -0.25) is 0 Å². The Kier molecular flexibility index (Phi) is 11.1. The lowest BCUT2D eigenvalue weighted by molar-refractivity contribution is 0.268. The molecule has 3 nitrogen and oxygen atoms in total. The lowest BCUT2D eigenvalue weighted by Crippen LogP contribution is -2.27. The highest BCUT2D eigenvalue weighted by Gasteiger charge is 2.01. The van der Waals surface area contributed by atoms with Crippen LogP contribution in [0.5, 0.6) is 0 Å². The van der Waals surface area contributed by atoms with E-state index < -0.39 is 0 Å². The standard InChI is InChI=1S/C18H31N3S/c1-3-12-21(13-4-2)14-6-5-11-19-15-17-7-9-18(10-8-17)16-20-22/h7-10,19H,3-6,11-16H2,1-2H3. The highest BCUT2D eigenvalue weighted by Crippen LogP contribution is 2.05.